The first kappa shape index (κ1) is 24.9. The Morgan fingerprint density at radius 1 is 0.879 bits per heavy atom. The third-order valence-corrected chi connectivity index (χ3v) is 6.12. The van der Waals surface area contributed by atoms with Gasteiger partial charge in [0.1, 0.15) is 11.8 Å². The number of nitrogens with one attached hydrogen (secondary N) is 1. The summed E-state index contributed by atoms with van der Waals surface area (Å²) in [5.74, 6) is -0.341. The van der Waals surface area contributed by atoms with Crippen LogP contribution >= 0.6 is 34.8 Å². The van der Waals surface area contributed by atoms with Crippen molar-refractivity contribution in [2.75, 3.05) is 13.7 Å². The van der Waals surface area contributed by atoms with Crippen molar-refractivity contribution in [3.05, 3.63) is 99.0 Å². The van der Waals surface area contributed by atoms with Gasteiger partial charge in [-0.3, -0.25) is 9.59 Å². The van der Waals surface area contributed by atoms with E-state index in [0.717, 1.165) is 5.56 Å². The lowest BCUT2D eigenvalue weighted by Gasteiger charge is -2.31. The molecule has 0 spiro atoms. The zero-order valence-electron chi connectivity index (χ0n) is 17.9. The maximum absolute atomic E-state index is 13.4. The van der Waals surface area contributed by atoms with Gasteiger partial charge in [-0.05, 0) is 29.8 Å². The molecule has 0 unspecified atom stereocenters. The predicted octanol–water partition coefficient (Wildman–Crippen LogP) is 5.41. The minimum Gasteiger partial charge on any atom is -0.482 e. The van der Waals surface area contributed by atoms with E-state index in [0.29, 0.717) is 32.8 Å². The summed E-state index contributed by atoms with van der Waals surface area (Å²) in [6.07, 6.45) is 0.306. The Balaban J connectivity index is 1.93. The van der Waals surface area contributed by atoms with Crippen LogP contribution in [-0.4, -0.2) is 36.4 Å². The van der Waals surface area contributed by atoms with Crippen LogP contribution in [0, 0.1) is 0 Å². The summed E-state index contributed by atoms with van der Waals surface area (Å²) in [4.78, 5) is 27.8. The number of carbonyl (C=O) groups excluding carboxylic acids is 2. The number of likely N-dealkylation sites (N-methyl/N-ethyl adjacent to an activating group) is 1. The first-order chi connectivity index (χ1) is 15.9. The number of rotatable bonds is 9. The van der Waals surface area contributed by atoms with E-state index >= 15 is 0 Å². The Bertz CT molecular complexity index is 1090. The van der Waals surface area contributed by atoms with E-state index in [4.69, 9.17) is 39.5 Å². The highest BCUT2D eigenvalue weighted by molar-refractivity contribution is 6.36. The van der Waals surface area contributed by atoms with E-state index in [-0.39, 0.29) is 19.1 Å². The highest BCUT2D eigenvalue weighted by Crippen LogP contribution is 2.28. The summed E-state index contributed by atoms with van der Waals surface area (Å²) in [6, 6.07) is 20.6. The summed E-state index contributed by atoms with van der Waals surface area (Å²) in [7, 11) is 1.53. The molecule has 172 valence electrons. The quantitative estimate of drug-likeness (QED) is 0.423. The van der Waals surface area contributed by atoms with Gasteiger partial charge in [-0.1, -0.05) is 83.3 Å². The molecule has 1 atom stereocenters. The highest BCUT2D eigenvalue weighted by Gasteiger charge is 2.31. The number of halogens is 3. The number of hydrogen-bond donors (Lipinski definition) is 1. The number of nitrogens with zero attached hydrogens (tertiary/aromatic N) is 1. The second-order valence-electron chi connectivity index (χ2n) is 7.26. The zero-order valence-corrected chi connectivity index (χ0v) is 20.2. The van der Waals surface area contributed by atoms with E-state index in [1.54, 1.807) is 42.5 Å². The zero-order chi connectivity index (χ0) is 23.8. The molecule has 2 amide bonds. The lowest BCUT2D eigenvalue weighted by Crippen LogP contribution is -2.51. The minimum atomic E-state index is -0.813. The number of hydrogen-bond acceptors (Lipinski definition) is 3. The van der Waals surface area contributed by atoms with Gasteiger partial charge in [0.15, 0.2) is 6.61 Å². The maximum atomic E-state index is 13.4. The Hall–Kier alpha value is -2.73. The van der Waals surface area contributed by atoms with Crippen molar-refractivity contribution in [2.24, 2.45) is 0 Å². The first-order valence-electron chi connectivity index (χ1n) is 10.3. The van der Waals surface area contributed by atoms with Gasteiger partial charge in [-0.25, -0.2) is 0 Å². The van der Waals surface area contributed by atoms with Crippen molar-refractivity contribution in [1.82, 2.24) is 10.2 Å². The Kier molecular flexibility index (Phi) is 9.01. The molecule has 0 saturated carbocycles. The fourth-order valence-corrected chi connectivity index (χ4v) is 4.07. The van der Waals surface area contributed by atoms with Crippen LogP contribution in [0.5, 0.6) is 5.75 Å². The molecule has 3 rings (SSSR count). The van der Waals surface area contributed by atoms with Gasteiger partial charge in [0, 0.05) is 35.6 Å². The van der Waals surface area contributed by atoms with Crippen LogP contribution in [0.4, 0.5) is 0 Å². The van der Waals surface area contributed by atoms with Gasteiger partial charge in [-0.2, -0.15) is 0 Å². The van der Waals surface area contributed by atoms with E-state index < -0.39 is 11.9 Å². The Morgan fingerprint density at radius 2 is 1.48 bits per heavy atom. The van der Waals surface area contributed by atoms with Gasteiger partial charge in [0.2, 0.25) is 5.91 Å². The van der Waals surface area contributed by atoms with E-state index in [9.17, 15) is 9.59 Å². The lowest BCUT2D eigenvalue weighted by atomic mass is 10.0. The highest BCUT2D eigenvalue weighted by atomic mass is 35.5. The van der Waals surface area contributed by atoms with E-state index in [1.807, 2.05) is 30.3 Å². The van der Waals surface area contributed by atoms with Crippen molar-refractivity contribution in [2.45, 2.75) is 19.0 Å². The second-order valence-corrected chi connectivity index (χ2v) is 8.48. The molecule has 5 nitrogen and oxygen atoms in total. The van der Waals surface area contributed by atoms with Gasteiger partial charge in [-0.15, -0.1) is 0 Å². The molecule has 0 heterocycles. The molecule has 0 radical (unpaired) electrons. The topological polar surface area (TPSA) is 58.6 Å². The van der Waals surface area contributed by atoms with Crippen LogP contribution in [0.3, 0.4) is 0 Å². The predicted molar refractivity (Wildman–Crippen MR) is 132 cm³/mol. The van der Waals surface area contributed by atoms with Crippen molar-refractivity contribution < 1.29 is 14.3 Å². The molecule has 0 aliphatic carbocycles. The van der Waals surface area contributed by atoms with Crippen molar-refractivity contribution in [1.29, 1.82) is 0 Å². The first-order valence-corrected chi connectivity index (χ1v) is 11.4. The molecule has 0 bridgehead atoms. The van der Waals surface area contributed by atoms with Crippen LogP contribution in [0.25, 0.3) is 0 Å². The fourth-order valence-electron chi connectivity index (χ4n) is 3.36. The maximum Gasteiger partial charge on any atom is 0.261 e. The van der Waals surface area contributed by atoms with Gasteiger partial charge < -0.3 is 15.0 Å². The smallest absolute Gasteiger partial charge is 0.261 e. The Morgan fingerprint density at radius 3 is 2.12 bits per heavy atom. The van der Waals surface area contributed by atoms with Crippen LogP contribution in [0.1, 0.15) is 11.1 Å². The third kappa shape index (κ3) is 6.64. The number of benzene rings is 3. The summed E-state index contributed by atoms with van der Waals surface area (Å²) in [5.41, 5.74) is 1.45. The molecule has 0 aliphatic rings. The summed E-state index contributed by atoms with van der Waals surface area (Å²) < 4.78 is 5.67. The molecule has 0 aromatic heterocycles. The average Bonchev–Trinajstić information content (AvgIpc) is 2.82. The van der Waals surface area contributed by atoms with Crippen LogP contribution < -0.4 is 10.1 Å². The number of ether oxygens (including phenoxy) is 1. The Labute approximate surface area is 208 Å². The molecule has 1 N–H and O–H groups in total. The SMILES string of the molecule is CNC(=O)[C@H](Cc1ccccc1)N(Cc1c(Cl)cccc1Cl)C(=O)COc1ccccc1Cl. The normalized spacial score (nSPS) is 11.5. The molecular formula is C25H23Cl3N2O3. The largest absolute Gasteiger partial charge is 0.482 e. The molecular weight excluding hydrogens is 483 g/mol. The summed E-state index contributed by atoms with van der Waals surface area (Å²) in [5, 5.41) is 3.86. The van der Waals surface area contributed by atoms with Crippen LogP contribution in [0.2, 0.25) is 15.1 Å². The van der Waals surface area contributed by atoms with Gasteiger partial charge in [0.05, 0.1) is 5.02 Å². The number of para-hydroxylation sites is 1. The van der Waals surface area contributed by atoms with E-state index in [1.165, 1.54) is 11.9 Å². The molecule has 0 fully saturated rings. The molecule has 8 heteroatoms. The summed E-state index contributed by atoms with van der Waals surface area (Å²) in [6.45, 7) is -0.276. The second kappa shape index (κ2) is 11.9. The van der Waals surface area contributed by atoms with Crippen molar-refractivity contribution in [3.8, 4) is 5.75 Å². The molecule has 3 aromatic carbocycles. The number of amides is 2. The van der Waals surface area contributed by atoms with Crippen molar-refractivity contribution in [3.63, 3.8) is 0 Å². The van der Waals surface area contributed by atoms with Crippen LogP contribution in [0.15, 0.2) is 72.8 Å². The standard InChI is InChI=1S/C25H23Cl3N2O3/c1-29-25(32)22(14-17-8-3-2-4-9-17)30(15-18-19(26)11-7-12-20(18)27)24(31)16-33-23-13-6-5-10-21(23)28/h2-13,22H,14-16H2,1H3,(H,29,32)/t22-/m0/s1. The average molecular weight is 506 g/mol. The van der Waals surface area contributed by atoms with E-state index in [2.05, 4.69) is 5.32 Å². The van der Waals surface area contributed by atoms with Crippen LogP contribution in [-0.2, 0) is 22.6 Å². The minimum absolute atomic E-state index is 0.0359. The van der Waals surface area contributed by atoms with Crippen molar-refractivity contribution >= 4 is 46.6 Å². The molecule has 3 aromatic rings. The summed E-state index contributed by atoms with van der Waals surface area (Å²) >= 11 is 18.9. The fraction of sp³-hybridized carbons (Fsp3) is 0.200. The van der Waals surface area contributed by atoms with Gasteiger partial charge in [0.25, 0.3) is 5.91 Å². The number of carbonyl (C=O) groups is 2. The molecule has 33 heavy (non-hydrogen) atoms. The third-order valence-electron chi connectivity index (χ3n) is 5.10. The lowest BCUT2D eigenvalue weighted by molar-refractivity contribution is -0.142. The molecule has 0 saturated heterocycles. The monoisotopic (exact) mass is 504 g/mol. The molecule has 0 aliphatic heterocycles. The van der Waals surface area contributed by atoms with Gasteiger partial charge >= 0.3 is 0 Å².